The highest BCUT2D eigenvalue weighted by molar-refractivity contribution is 9.10. The second kappa shape index (κ2) is 6.52. The molecule has 1 unspecified atom stereocenters. The largest absolute Gasteiger partial charge is 0.480 e. The fraction of sp³-hybridized carbons (Fsp3) is 0.200. The Bertz CT molecular complexity index is 652. The Hall–Kier alpha value is -1.88. The van der Waals surface area contributed by atoms with Crippen molar-refractivity contribution in [3.8, 4) is 0 Å². The molecule has 1 aromatic heterocycles. The number of hydrogen-bond acceptors (Lipinski definition) is 2. The van der Waals surface area contributed by atoms with E-state index < -0.39 is 12.0 Å². The highest BCUT2D eigenvalue weighted by Crippen LogP contribution is 2.16. The predicted octanol–water partition coefficient (Wildman–Crippen LogP) is 2.87. The Morgan fingerprint density at radius 1 is 1.20 bits per heavy atom. The van der Waals surface area contributed by atoms with Crippen LogP contribution in [-0.4, -0.2) is 15.6 Å². The van der Waals surface area contributed by atoms with Crippen molar-refractivity contribution in [2.45, 2.75) is 18.9 Å². The van der Waals surface area contributed by atoms with Crippen LogP contribution in [0.4, 0.5) is 0 Å². The van der Waals surface area contributed by atoms with Crippen LogP contribution in [0.15, 0.2) is 57.9 Å². The molecule has 0 saturated carbocycles. The summed E-state index contributed by atoms with van der Waals surface area (Å²) < 4.78 is 1.94. The average molecular weight is 336 g/mol. The lowest BCUT2D eigenvalue weighted by molar-refractivity contribution is -0.141. The van der Waals surface area contributed by atoms with Gasteiger partial charge in [-0.3, -0.25) is 4.79 Å². The number of carbonyl (C=O) groups is 1. The highest BCUT2D eigenvalue weighted by Gasteiger charge is 2.20. The van der Waals surface area contributed by atoms with Crippen molar-refractivity contribution in [2.24, 2.45) is 0 Å². The summed E-state index contributed by atoms with van der Waals surface area (Å²) in [5.74, 6) is -0.999. The molecule has 2 rings (SSSR count). The fourth-order valence-electron chi connectivity index (χ4n) is 2.05. The summed E-state index contributed by atoms with van der Waals surface area (Å²) in [5, 5.41) is 9.35. The van der Waals surface area contributed by atoms with E-state index in [0.29, 0.717) is 17.3 Å². The molecule has 104 valence electrons. The normalized spacial score (nSPS) is 12.1. The number of aryl methyl sites for hydroxylation is 1. The summed E-state index contributed by atoms with van der Waals surface area (Å²) in [7, 11) is 0. The molecule has 0 spiro atoms. The maximum absolute atomic E-state index is 11.8. The minimum atomic E-state index is -0.999. The van der Waals surface area contributed by atoms with Gasteiger partial charge in [-0.1, -0.05) is 30.3 Å². The number of hydrogen-bond donors (Lipinski definition) is 1. The summed E-state index contributed by atoms with van der Waals surface area (Å²) >= 11 is 3.26. The van der Waals surface area contributed by atoms with Crippen molar-refractivity contribution in [1.29, 1.82) is 0 Å². The van der Waals surface area contributed by atoms with Crippen LogP contribution >= 0.6 is 15.9 Å². The lowest BCUT2D eigenvalue weighted by Crippen LogP contribution is -2.29. The number of carboxylic acid groups (broad SMARTS) is 1. The molecule has 1 aromatic carbocycles. The van der Waals surface area contributed by atoms with Gasteiger partial charge in [0.25, 0.3) is 5.56 Å². The van der Waals surface area contributed by atoms with Gasteiger partial charge in [0.15, 0.2) is 0 Å². The van der Waals surface area contributed by atoms with E-state index in [1.807, 2.05) is 30.3 Å². The average Bonchev–Trinajstić information content (AvgIpc) is 2.43. The number of carboxylic acids is 1. The van der Waals surface area contributed by atoms with Gasteiger partial charge in [0.1, 0.15) is 6.04 Å². The van der Waals surface area contributed by atoms with Gasteiger partial charge in [0.2, 0.25) is 0 Å². The van der Waals surface area contributed by atoms with Crippen molar-refractivity contribution in [3.63, 3.8) is 0 Å². The summed E-state index contributed by atoms with van der Waals surface area (Å²) in [6.07, 6.45) is 2.50. The molecule has 20 heavy (non-hydrogen) atoms. The number of benzene rings is 1. The number of nitrogens with zero attached hydrogens (tertiary/aromatic N) is 1. The van der Waals surface area contributed by atoms with Crippen molar-refractivity contribution >= 4 is 21.9 Å². The van der Waals surface area contributed by atoms with Crippen molar-refractivity contribution in [3.05, 3.63) is 69.1 Å². The molecular formula is C15H14BrNO3. The first-order chi connectivity index (χ1) is 9.58. The topological polar surface area (TPSA) is 59.3 Å². The number of pyridine rings is 1. The molecule has 1 heterocycles. The molecule has 0 saturated heterocycles. The quantitative estimate of drug-likeness (QED) is 0.913. The van der Waals surface area contributed by atoms with E-state index in [4.69, 9.17) is 0 Å². The monoisotopic (exact) mass is 335 g/mol. The Balaban J connectivity index is 2.21. The van der Waals surface area contributed by atoms with E-state index in [1.54, 1.807) is 6.07 Å². The van der Waals surface area contributed by atoms with Crippen LogP contribution in [0.2, 0.25) is 0 Å². The maximum Gasteiger partial charge on any atom is 0.326 e. The molecule has 0 aliphatic rings. The van der Waals surface area contributed by atoms with Crippen LogP contribution in [-0.2, 0) is 11.2 Å². The minimum absolute atomic E-state index is 0.311. The van der Waals surface area contributed by atoms with E-state index in [-0.39, 0.29) is 5.56 Å². The van der Waals surface area contributed by atoms with E-state index in [0.717, 1.165) is 5.56 Å². The summed E-state index contributed by atoms with van der Waals surface area (Å²) in [5.41, 5.74) is 0.746. The number of rotatable bonds is 5. The maximum atomic E-state index is 11.8. The Kier molecular flexibility index (Phi) is 4.74. The number of halogens is 1. The standard InChI is InChI=1S/C15H14BrNO3/c16-12-7-9-14(18)17(10-12)13(15(19)20)8-6-11-4-2-1-3-5-11/h1-5,7,9-10,13H,6,8H2,(H,19,20). The van der Waals surface area contributed by atoms with E-state index in [2.05, 4.69) is 15.9 Å². The van der Waals surface area contributed by atoms with Gasteiger partial charge < -0.3 is 9.67 Å². The van der Waals surface area contributed by atoms with E-state index >= 15 is 0 Å². The molecule has 1 N–H and O–H groups in total. The molecule has 0 aliphatic heterocycles. The lowest BCUT2D eigenvalue weighted by Gasteiger charge is -2.15. The van der Waals surface area contributed by atoms with Crippen LogP contribution < -0.4 is 5.56 Å². The van der Waals surface area contributed by atoms with Crippen molar-refractivity contribution < 1.29 is 9.90 Å². The highest BCUT2D eigenvalue weighted by atomic mass is 79.9. The fourth-order valence-corrected chi connectivity index (χ4v) is 2.40. The minimum Gasteiger partial charge on any atom is -0.480 e. The Morgan fingerprint density at radius 3 is 2.55 bits per heavy atom. The van der Waals surface area contributed by atoms with Gasteiger partial charge in [0.05, 0.1) is 0 Å². The summed E-state index contributed by atoms with van der Waals surface area (Å²) in [6, 6.07) is 11.7. The molecule has 2 aromatic rings. The first kappa shape index (κ1) is 14.5. The molecule has 1 atom stereocenters. The van der Waals surface area contributed by atoms with E-state index in [1.165, 1.54) is 16.8 Å². The zero-order valence-corrected chi connectivity index (χ0v) is 12.3. The third-order valence-electron chi connectivity index (χ3n) is 3.07. The molecule has 4 nitrogen and oxygen atoms in total. The van der Waals surface area contributed by atoms with Gasteiger partial charge in [-0.05, 0) is 40.4 Å². The van der Waals surface area contributed by atoms with Gasteiger partial charge in [-0.25, -0.2) is 4.79 Å². The smallest absolute Gasteiger partial charge is 0.326 e. The van der Waals surface area contributed by atoms with Crippen LogP contribution in [0.3, 0.4) is 0 Å². The number of aromatic nitrogens is 1. The number of aliphatic carboxylic acids is 1. The lowest BCUT2D eigenvalue weighted by atomic mass is 10.1. The van der Waals surface area contributed by atoms with Crippen LogP contribution in [0.25, 0.3) is 0 Å². The van der Waals surface area contributed by atoms with E-state index in [9.17, 15) is 14.7 Å². The van der Waals surface area contributed by atoms with Gasteiger partial charge >= 0.3 is 5.97 Å². The van der Waals surface area contributed by atoms with Crippen molar-refractivity contribution in [2.75, 3.05) is 0 Å². The second-order valence-corrected chi connectivity index (χ2v) is 5.39. The second-order valence-electron chi connectivity index (χ2n) is 4.47. The predicted molar refractivity (Wildman–Crippen MR) is 79.8 cm³/mol. The van der Waals surface area contributed by atoms with Crippen LogP contribution in [0.1, 0.15) is 18.0 Å². The van der Waals surface area contributed by atoms with Crippen LogP contribution in [0.5, 0.6) is 0 Å². The molecule has 0 radical (unpaired) electrons. The van der Waals surface area contributed by atoms with Gasteiger partial charge in [0, 0.05) is 16.7 Å². The molecular weight excluding hydrogens is 322 g/mol. The third kappa shape index (κ3) is 3.57. The zero-order valence-electron chi connectivity index (χ0n) is 10.7. The molecule has 0 bridgehead atoms. The molecule has 0 fully saturated rings. The zero-order chi connectivity index (χ0) is 14.5. The Labute approximate surface area is 124 Å². The molecule has 0 amide bonds. The Morgan fingerprint density at radius 2 is 1.90 bits per heavy atom. The first-order valence-corrected chi connectivity index (χ1v) is 7.01. The first-order valence-electron chi connectivity index (χ1n) is 6.22. The van der Waals surface area contributed by atoms with Gasteiger partial charge in [-0.2, -0.15) is 0 Å². The summed E-state index contributed by atoms with van der Waals surface area (Å²) in [4.78, 5) is 23.2. The molecule has 5 heteroatoms. The summed E-state index contributed by atoms with van der Waals surface area (Å²) in [6.45, 7) is 0. The van der Waals surface area contributed by atoms with Crippen LogP contribution in [0, 0.1) is 0 Å². The van der Waals surface area contributed by atoms with Crippen molar-refractivity contribution in [1.82, 2.24) is 4.57 Å². The third-order valence-corrected chi connectivity index (χ3v) is 3.54. The SMILES string of the molecule is O=C(O)C(CCc1ccccc1)n1cc(Br)ccc1=O. The van der Waals surface area contributed by atoms with Gasteiger partial charge in [-0.15, -0.1) is 0 Å². The molecule has 0 aliphatic carbocycles.